The number of nitrogens with one attached hydrogen (secondary N) is 1. The molecule has 1 amide bonds. The summed E-state index contributed by atoms with van der Waals surface area (Å²) >= 11 is 14.0. The van der Waals surface area contributed by atoms with E-state index in [2.05, 4.69) is 10.4 Å². The number of thioether (sulfide) groups is 1. The molecule has 0 atom stereocenters. The van der Waals surface area contributed by atoms with Gasteiger partial charge in [-0.3, -0.25) is 4.79 Å². The van der Waals surface area contributed by atoms with Gasteiger partial charge in [-0.15, -0.1) is 5.10 Å². The van der Waals surface area contributed by atoms with Gasteiger partial charge >= 0.3 is 0 Å². The van der Waals surface area contributed by atoms with Crippen molar-refractivity contribution in [2.45, 2.75) is 23.2 Å². The summed E-state index contributed by atoms with van der Waals surface area (Å²) < 4.78 is 3.14. The molecule has 1 saturated carbocycles. The van der Waals surface area contributed by atoms with Crippen molar-refractivity contribution >= 4 is 52.8 Å². The van der Waals surface area contributed by atoms with E-state index in [1.165, 1.54) is 23.1 Å². The van der Waals surface area contributed by atoms with Crippen LogP contribution < -0.4 is 5.32 Å². The van der Waals surface area contributed by atoms with Gasteiger partial charge in [0.2, 0.25) is 5.91 Å². The molecule has 21 heavy (non-hydrogen) atoms. The predicted molar refractivity (Wildman–Crippen MR) is 89.2 cm³/mol. The topological polar surface area (TPSA) is 46.9 Å². The van der Waals surface area contributed by atoms with E-state index in [0.29, 0.717) is 20.8 Å². The maximum atomic E-state index is 11.7. The first-order valence-electron chi connectivity index (χ1n) is 6.40. The van der Waals surface area contributed by atoms with Crippen LogP contribution in [0.4, 0.5) is 0 Å². The number of halogens is 1. The van der Waals surface area contributed by atoms with Crippen molar-refractivity contribution in [3.8, 4) is 5.69 Å². The van der Waals surface area contributed by atoms with Crippen molar-refractivity contribution in [3.63, 3.8) is 0 Å². The van der Waals surface area contributed by atoms with E-state index < -0.39 is 0 Å². The molecule has 0 bridgehead atoms. The number of rotatable bonds is 5. The van der Waals surface area contributed by atoms with Gasteiger partial charge in [0.25, 0.3) is 0 Å². The number of carbonyl (C=O) groups excluding carboxylic acids is 1. The Bertz CT molecular complexity index is 706. The van der Waals surface area contributed by atoms with Crippen molar-refractivity contribution in [1.82, 2.24) is 15.1 Å². The summed E-state index contributed by atoms with van der Waals surface area (Å²) in [5, 5.41) is 8.07. The Morgan fingerprint density at radius 2 is 2.19 bits per heavy atom. The molecule has 1 aliphatic rings. The molecule has 8 heteroatoms. The molecule has 1 N–H and O–H groups in total. The zero-order valence-corrected chi connectivity index (χ0v) is 14.1. The zero-order chi connectivity index (χ0) is 14.8. The summed E-state index contributed by atoms with van der Waals surface area (Å²) in [5.74, 6) is 0.432. The quantitative estimate of drug-likeness (QED) is 0.655. The molecule has 0 spiro atoms. The van der Waals surface area contributed by atoms with Gasteiger partial charge in [0.15, 0.2) is 8.29 Å². The largest absolute Gasteiger partial charge is 0.353 e. The monoisotopic (exact) mass is 357 g/mol. The van der Waals surface area contributed by atoms with Crippen molar-refractivity contribution in [2.24, 2.45) is 0 Å². The lowest BCUT2D eigenvalue weighted by Crippen LogP contribution is -2.26. The number of nitrogens with zero attached hydrogens (tertiary/aromatic N) is 2. The lowest BCUT2D eigenvalue weighted by atomic mass is 10.3. The van der Waals surface area contributed by atoms with Crippen LogP contribution in [0.3, 0.4) is 0 Å². The van der Waals surface area contributed by atoms with Crippen LogP contribution in [0.5, 0.6) is 0 Å². The molecular weight excluding hydrogens is 346 g/mol. The standard InChI is InChI=1S/C13H12ClN3OS3/c14-8-1-5-10(6-2-8)17-13(19)21-12(16-17)20-7-11(18)15-9-3-4-9/h1-2,5-6,9H,3-4,7H2,(H,15,18). The van der Waals surface area contributed by atoms with E-state index in [1.807, 2.05) is 12.1 Å². The first-order chi connectivity index (χ1) is 10.1. The molecule has 0 aliphatic heterocycles. The molecule has 1 aliphatic carbocycles. The van der Waals surface area contributed by atoms with E-state index in [0.717, 1.165) is 22.9 Å². The van der Waals surface area contributed by atoms with Crippen LogP contribution in [0.25, 0.3) is 5.69 Å². The molecule has 0 radical (unpaired) electrons. The van der Waals surface area contributed by atoms with Gasteiger partial charge in [0.05, 0.1) is 11.4 Å². The molecule has 2 aromatic rings. The number of hydrogen-bond donors (Lipinski definition) is 1. The van der Waals surface area contributed by atoms with Crippen LogP contribution in [0.2, 0.25) is 5.02 Å². The molecule has 0 unspecified atom stereocenters. The lowest BCUT2D eigenvalue weighted by molar-refractivity contribution is -0.118. The van der Waals surface area contributed by atoms with Gasteiger partial charge in [0.1, 0.15) is 0 Å². The average Bonchev–Trinajstić information content (AvgIpc) is 3.19. The minimum absolute atomic E-state index is 0.0571. The number of aromatic nitrogens is 2. The first-order valence-corrected chi connectivity index (χ1v) is 8.99. The minimum Gasteiger partial charge on any atom is -0.353 e. The smallest absolute Gasteiger partial charge is 0.230 e. The van der Waals surface area contributed by atoms with E-state index >= 15 is 0 Å². The highest BCUT2D eigenvalue weighted by atomic mass is 35.5. The third-order valence-electron chi connectivity index (χ3n) is 2.87. The SMILES string of the molecule is O=C(CSc1nn(-c2ccc(Cl)cc2)c(=S)s1)NC1CC1. The summed E-state index contributed by atoms with van der Waals surface area (Å²) in [4.78, 5) is 11.7. The fourth-order valence-corrected chi connectivity index (χ4v) is 3.99. The molecule has 4 nitrogen and oxygen atoms in total. The Kier molecular flexibility index (Phi) is 4.63. The number of benzene rings is 1. The second-order valence-corrected chi connectivity index (χ2v) is 7.93. The maximum absolute atomic E-state index is 11.7. The highest BCUT2D eigenvalue weighted by molar-refractivity contribution is 8.01. The third kappa shape index (κ3) is 4.06. The van der Waals surface area contributed by atoms with Crippen molar-refractivity contribution in [3.05, 3.63) is 33.2 Å². The molecular formula is C13H12ClN3OS3. The second kappa shape index (κ2) is 6.48. The average molecular weight is 358 g/mol. The fourth-order valence-electron chi connectivity index (χ4n) is 1.69. The molecule has 3 rings (SSSR count). The summed E-state index contributed by atoms with van der Waals surface area (Å²) in [5.41, 5.74) is 0.870. The Morgan fingerprint density at radius 3 is 2.86 bits per heavy atom. The van der Waals surface area contributed by atoms with Gasteiger partial charge < -0.3 is 5.32 Å². The molecule has 110 valence electrons. The molecule has 1 aromatic carbocycles. The fraction of sp³-hybridized carbons (Fsp3) is 0.308. The maximum Gasteiger partial charge on any atom is 0.230 e. The molecule has 1 aromatic heterocycles. The minimum atomic E-state index is 0.0571. The number of hydrogen-bond acceptors (Lipinski definition) is 5. The van der Waals surface area contributed by atoms with E-state index in [4.69, 9.17) is 23.8 Å². The summed E-state index contributed by atoms with van der Waals surface area (Å²) in [6.07, 6.45) is 2.20. The van der Waals surface area contributed by atoms with Gasteiger partial charge in [-0.05, 0) is 49.3 Å². The Balaban J connectivity index is 1.67. The zero-order valence-electron chi connectivity index (χ0n) is 10.9. The highest BCUT2D eigenvalue weighted by Gasteiger charge is 2.23. The van der Waals surface area contributed by atoms with Crippen LogP contribution in [0, 0.1) is 3.95 Å². The van der Waals surface area contributed by atoms with Crippen molar-refractivity contribution in [2.75, 3.05) is 5.75 Å². The van der Waals surface area contributed by atoms with Gasteiger partial charge in [-0.1, -0.05) is 34.7 Å². The number of amides is 1. The Hall–Kier alpha value is -0.890. The summed E-state index contributed by atoms with van der Waals surface area (Å²) in [7, 11) is 0. The highest BCUT2D eigenvalue weighted by Crippen LogP contribution is 2.25. The Morgan fingerprint density at radius 1 is 1.48 bits per heavy atom. The molecule has 1 heterocycles. The van der Waals surface area contributed by atoms with Crippen LogP contribution >= 0.6 is 46.9 Å². The third-order valence-corrected chi connectivity index (χ3v) is 5.49. The van der Waals surface area contributed by atoms with E-state index in [-0.39, 0.29) is 5.91 Å². The predicted octanol–water partition coefficient (Wildman–Crippen LogP) is 3.69. The van der Waals surface area contributed by atoms with Crippen molar-refractivity contribution < 1.29 is 4.79 Å². The lowest BCUT2D eigenvalue weighted by Gasteiger charge is -2.01. The first kappa shape index (κ1) is 15.0. The summed E-state index contributed by atoms with van der Waals surface area (Å²) in [6, 6.07) is 7.72. The van der Waals surface area contributed by atoms with E-state index in [9.17, 15) is 4.79 Å². The van der Waals surface area contributed by atoms with Crippen LogP contribution in [0.1, 0.15) is 12.8 Å². The second-order valence-electron chi connectivity index (χ2n) is 4.65. The van der Waals surface area contributed by atoms with Crippen LogP contribution in [0.15, 0.2) is 28.6 Å². The molecule has 0 saturated heterocycles. The normalized spacial score (nSPS) is 14.1. The Labute approximate surface area is 140 Å². The number of carbonyl (C=O) groups is 1. The van der Waals surface area contributed by atoms with E-state index in [1.54, 1.807) is 16.8 Å². The molecule has 1 fully saturated rings. The van der Waals surface area contributed by atoms with Gasteiger partial charge in [-0.2, -0.15) is 0 Å². The van der Waals surface area contributed by atoms with Gasteiger partial charge in [0, 0.05) is 11.1 Å². The van der Waals surface area contributed by atoms with Crippen LogP contribution in [-0.4, -0.2) is 27.5 Å². The van der Waals surface area contributed by atoms with Crippen molar-refractivity contribution in [1.29, 1.82) is 0 Å². The van der Waals surface area contributed by atoms with Crippen LogP contribution in [-0.2, 0) is 4.79 Å². The summed E-state index contributed by atoms with van der Waals surface area (Å²) in [6.45, 7) is 0. The van der Waals surface area contributed by atoms with Gasteiger partial charge in [-0.25, -0.2) is 4.68 Å².